The standard InChI is InChI=1S/C14H23N3O/c1-6-12(9(2)3)17-14(18)11-7-10(4)16-13(8-11)15-5/h7-9,12H,6H2,1-5H3,(H,15,16)(H,17,18). The van der Waals surface area contributed by atoms with E-state index in [2.05, 4.69) is 36.4 Å². The molecular formula is C14H23N3O. The van der Waals surface area contributed by atoms with Crippen LogP contribution in [0, 0.1) is 12.8 Å². The first-order valence-electron chi connectivity index (χ1n) is 6.45. The maximum atomic E-state index is 12.2. The van der Waals surface area contributed by atoms with E-state index in [4.69, 9.17) is 0 Å². The number of nitrogens with one attached hydrogen (secondary N) is 2. The largest absolute Gasteiger partial charge is 0.373 e. The average molecular weight is 249 g/mol. The highest BCUT2D eigenvalue weighted by atomic mass is 16.1. The van der Waals surface area contributed by atoms with Gasteiger partial charge in [0.1, 0.15) is 5.82 Å². The van der Waals surface area contributed by atoms with Crippen LogP contribution in [0.3, 0.4) is 0 Å². The lowest BCUT2D eigenvalue weighted by Crippen LogP contribution is -2.38. The zero-order valence-electron chi connectivity index (χ0n) is 11.9. The van der Waals surface area contributed by atoms with Gasteiger partial charge in [0.2, 0.25) is 0 Å². The number of carbonyl (C=O) groups excluding carboxylic acids is 1. The zero-order chi connectivity index (χ0) is 13.7. The van der Waals surface area contributed by atoms with Crippen molar-refractivity contribution in [3.8, 4) is 0 Å². The zero-order valence-corrected chi connectivity index (χ0v) is 11.9. The van der Waals surface area contributed by atoms with Crippen LogP contribution in [0.4, 0.5) is 5.82 Å². The minimum absolute atomic E-state index is 0.0300. The number of hydrogen-bond donors (Lipinski definition) is 2. The van der Waals surface area contributed by atoms with Crippen LogP contribution in [0.25, 0.3) is 0 Å². The van der Waals surface area contributed by atoms with Crippen LogP contribution in [-0.2, 0) is 0 Å². The maximum Gasteiger partial charge on any atom is 0.251 e. The molecule has 0 aromatic carbocycles. The number of amides is 1. The number of aryl methyl sites for hydroxylation is 1. The Bertz CT molecular complexity index is 416. The van der Waals surface area contributed by atoms with Gasteiger partial charge in [-0.25, -0.2) is 4.98 Å². The van der Waals surface area contributed by atoms with Gasteiger partial charge in [-0.2, -0.15) is 0 Å². The number of carbonyl (C=O) groups is 1. The van der Waals surface area contributed by atoms with Gasteiger partial charge in [0, 0.05) is 24.3 Å². The fraction of sp³-hybridized carbons (Fsp3) is 0.571. The third-order valence-electron chi connectivity index (χ3n) is 3.03. The van der Waals surface area contributed by atoms with Crippen molar-refractivity contribution in [3.05, 3.63) is 23.4 Å². The van der Waals surface area contributed by atoms with E-state index in [0.29, 0.717) is 11.5 Å². The molecule has 0 aliphatic heterocycles. The Balaban J connectivity index is 2.86. The number of pyridine rings is 1. The highest BCUT2D eigenvalue weighted by molar-refractivity contribution is 5.95. The molecule has 0 spiro atoms. The fourth-order valence-corrected chi connectivity index (χ4v) is 1.92. The van der Waals surface area contributed by atoms with Gasteiger partial charge in [-0.3, -0.25) is 4.79 Å². The number of rotatable bonds is 5. The number of nitrogens with zero attached hydrogens (tertiary/aromatic N) is 1. The molecule has 100 valence electrons. The van der Waals surface area contributed by atoms with Gasteiger partial charge in [0.25, 0.3) is 5.91 Å². The molecule has 0 aliphatic carbocycles. The molecule has 2 N–H and O–H groups in total. The average Bonchev–Trinajstić information content (AvgIpc) is 2.34. The molecule has 0 saturated carbocycles. The highest BCUT2D eigenvalue weighted by Gasteiger charge is 2.16. The van der Waals surface area contributed by atoms with Crippen molar-refractivity contribution in [2.75, 3.05) is 12.4 Å². The number of aromatic nitrogens is 1. The number of hydrogen-bond acceptors (Lipinski definition) is 3. The van der Waals surface area contributed by atoms with Crippen molar-refractivity contribution in [2.24, 2.45) is 5.92 Å². The van der Waals surface area contributed by atoms with E-state index in [1.807, 2.05) is 13.0 Å². The smallest absolute Gasteiger partial charge is 0.251 e. The lowest BCUT2D eigenvalue weighted by atomic mass is 10.0. The Morgan fingerprint density at radius 2 is 2.06 bits per heavy atom. The topological polar surface area (TPSA) is 54.0 Å². The summed E-state index contributed by atoms with van der Waals surface area (Å²) in [5.41, 5.74) is 1.50. The Morgan fingerprint density at radius 1 is 1.39 bits per heavy atom. The Hall–Kier alpha value is -1.58. The quantitative estimate of drug-likeness (QED) is 0.843. The van der Waals surface area contributed by atoms with Gasteiger partial charge >= 0.3 is 0 Å². The van der Waals surface area contributed by atoms with Crippen LogP contribution < -0.4 is 10.6 Å². The van der Waals surface area contributed by atoms with E-state index in [0.717, 1.165) is 17.9 Å². The summed E-state index contributed by atoms with van der Waals surface area (Å²) in [6, 6.07) is 3.79. The van der Waals surface area contributed by atoms with Crippen molar-refractivity contribution >= 4 is 11.7 Å². The predicted octanol–water partition coefficient (Wildman–Crippen LogP) is 2.60. The fourth-order valence-electron chi connectivity index (χ4n) is 1.92. The second-order valence-electron chi connectivity index (χ2n) is 4.86. The third-order valence-corrected chi connectivity index (χ3v) is 3.03. The molecule has 0 bridgehead atoms. The normalized spacial score (nSPS) is 12.3. The summed E-state index contributed by atoms with van der Waals surface area (Å²) < 4.78 is 0. The van der Waals surface area contributed by atoms with Crippen molar-refractivity contribution in [2.45, 2.75) is 40.2 Å². The molecule has 0 radical (unpaired) electrons. The predicted molar refractivity (Wildman–Crippen MR) is 74.9 cm³/mol. The van der Waals surface area contributed by atoms with Gasteiger partial charge in [0.15, 0.2) is 0 Å². The van der Waals surface area contributed by atoms with Crippen LogP contribution in [0.2, 0.25) is 0 Å². The van der Waals surface area contributed by atoms with Crippen LogP contribution in [0.15, 0.2) is 12.1 Å². The van der Waals surface area contributed by atoms with Gasteiger partial charge in [-0.15, -0.1) is 0 Å². The van der Waals surface area contributed by atoms with E-state index in [1.54, 1.807) is 13.1 Å². The molecule has 0 saturated heterocycles. The van der Waals surface area contributed by atoms with E-state index in [9.17, 15) is 4.79 Å². The second kappa shape index (κ2) is 6.38. The first kappa shape index (κ1) is 14.5. The Morgan fingerprint density at radius 3 is 2.56 bits per heavy atom. The van der Waals surface area contributed by atoms with Crippen LogP contribution in [0.5, 0.6) is 0 Å². The van der Waals surface area contributed by atoms with E-state index < -0.39 is 0 Å². The van der Waals surface area contributed by atoms with Crippen molar-refractivity contribution in [3.63, 3.8) is 0 Å². The summed E-state index contributed by atoms with van der Waals surface area (Å²) in [6.45, 7) is 8.20. The minimum Gasteiger partial charge on any atom is -0.373 e. The lowest BCUT2D eigenvalue weighted by Gasteiger charge is -2.20. The summed E-state index contributed by atoms with van der Waals surface area (Å²) in [7, 11) is 1.80. The van der Waals surface area contributed by atoms with Gasteiger partial charge in [-0.1, -0.05) is 20.8 Å². The molecule has 1 heterocycles. The Labute approximate surface area is 109 Å². The summed E-state index contributed by atoms with van der Waals surface area (Å²) in [5.74, 6) is 1.13. The molecule has 1 aromatic rings. The SMILES string of the molecule is CCC(NC(=O)c1cc(C)nc(NC)c1)C(C)C. The van der Waals surface area contributed by atoms with Crippen LogP contribution in [-0.4, -0.2) is 24.0 Å². The molecule has 1 unspecified atom stereocenters. The molecule has 4 nitrogen and oxygen atoms in total. The van der Waals surface area contributed by atoms with Gasteiger partial charge in [-0.05, 0) is 31.4 Å². The van der Waals surface area contributed by atoms with Crippen molar-refractivity contribution in [1.82, 2.24) is 10.3 Å². The molecule has 0 aliphatic rings. The third kappa shape index (κ3) is 3.72. The summed E-state index contributed by atoms with van der Waals surface area (Å²) >= 11 is 0. The molecule has 1 rings (SSSR count). The van der Waals surface area contributed by atoms with Crippen molar-refractivity contribution < 1.29 is 4.79 Å². The first-order valence-corrected chi connectivity index (χ1v) is 6.45. The van der Waals surface area contributed by atoms with Crippen LogP contribution >= 0.6 is 0 Å². The minimum atomic E-state index is -0.0300. The Kier molecular flexibility index (Phi) is 5.13. The summed E-state index contributed by atoms with van der Waals surface area (Å²) in [6.07, 6.45) is 0.937. The number of anilines is 1. The van der Waals surface area contributed by atoms with Crippen LogP contribution in [0.1, 0.15) is 43.2 Å². The molecule has 4 heteroatoms. The van der Waals surface area contributed by atoms with Gasteiger partial charge in [0.05, 0.1) is 0 Å². The summed E-state index contributed by atoms with van der Waals surface area (Å²) in [4.78, 5) is 16.5. The van der Waals surface area contributed by atoms with E-state index in [-0.39, 0.29) is 11.9 Å². The highest BCUT2D eigenvalue weighted by Crippen LogP contribution is 2.11. The van der Waals surface area contributed by atoms with E-state index in [1.165, 1.54) is 0 Å². The molecule has 1 aromatic heterocycles. The molecule has 1 amide bonds. The monoisotopic (exact) mass is 249 g/mol. The molecule has 1 atom stereocenters. The molecule has 0 fully saturated rings. The molecule has 18 heavy (non-hydrogen) atoms. The molecular weight excluding hydrogens is 226 g/mol. The van der Waals surface area contributed by atoms with Crippen molar-refractivity contribution in [1.29, 1.82) is 0 Å². The van der Waals surface area contributed by atoms with Gasteiger partial charge < -0.3 is 10.6 Å². The van der Waals surface area contributed by atoms with E-state index >= 15 is 0 Å². The first-order chi connectivity index (χ1) is 8.47. The maximum absolute atomic E-state index is 12.2. The second-order valence-corrected chi connectivity index (χ2v) is 4.86. The lowest BCUT2D eigenvalue weighted by molar-refractivity contribution is 0.0924. The summed E-state index contributed by atoms with van der Waals surface area (Å²) in [5, 5.41) is 6.03.